The van der Waals surface area contributed by atoms with Crippen molar-refractivity contribution in [1.29, 1.82) is 0 Å². The highest BCUT2D eigenvalue weighted by Gasteiger charge is 2.21. The van der Waals surface area contributed by atoms with Gasteiger partial charge in [0.05, 0.1) is 27.7 Å². The molecule has 0 amide bonds. The molecule has 2 unspecified atom stereocenters. The zero-order valence-electron chi connectivity index (χ0n) is 48.1. The van der Waals surface area contributed by atoms with Crippen LogP contribution in [0.5, 0.6) is 0 Å². The molecule has 0 radical (unpaired) electrons. The van der Waals surface area contributed by atoms with E-state index in [9.17, 15) is 19.0 Å². The van der Waals surface area contributed by atoms with Gasteiger partial charge < -0.3 is 27.9 Å². The molecule has 0 bridgehead atoms. The van der Waals surface area contributed by atoms with Crippen LogP contribution in [-0.4, -0.2) is 70.0 Å². The van der Waals surface area contributed by atoms with Gasteiger partial charge in [-0.3, -0.25) is 14.2 Å². The van der Waals surface area contributed by atoms with Crippen molar-refractivity contribution in [3.8, 4) is 0 Å². The summed E-state index contributed by atoms with van der Waals surface area (Å²) in [5, 5.41) is 0. The van der Waals surface area contributed by atoms with E-state index in [1.807, 2.05) is 21.1 Å². The number of unbranched alkanes of at least 4 members (excludes halogenated alkanes) is 29. The average molecular weight is 1040 g/mol. The summed E-state index contributed by atoms with van der Waals surface area (Å²) in [6.45, 7) is 4.10. The topological polar surface area (TPSA) is 111 Å². The molecule has 2 atom stereocenters. The largest absolute Gasteiger partial charge is 0.756 e. The molecule has 0 rings (SSSR count). The molecule has 424 valence electrons. The van der Waals surface area contributed by atoms with E-state index in [0.717, 1.165) is 70.6 Å². The SMILES string of the molecule is CC/C=C\C/C=C\C/C=C\C/C=C\C/C=C\C/C=C\CCCCC(=O)OC(COC(=O)CCCCCCCCCCCCCCCCCCCCCCCCCCCCCC)COP(=O)([O-])OCC[N+](C)(C)C. The van der Waals surface area contributed by atoms with Crippen LogP contribution in [0.3, 0.4) is 0 Å². The molecule has 0 fully saturated rings. The third-order valence-electron chi connectivity index (χ3n) is 13.0. The lowest BCUT2D eigenvalue weighted by molar-refractivity contribution is -0.870. The minimum atomic E-state index is -4.65. The Bertz CT molecular complexity index is 1460. The predicted molar refractivity (Wildman–Crippen MR) is 309 cm³/mol. The Hall–Kier alpha value is -2.55. The quantitative estimate of drug-likeness (QED) is 0.0195. The molecule has 0 aliphatic heterocycles. The predicted octanol–water partition coefficient (Wildman–Crippen LogP) is 18.2. The Kier molecular flexibility index (Phi) is 52.4. The molecule has 0 saturated carbocycles. The molecule has 73 heavy (non-hydrogen) atoms. The average Bonchev–Trinajstić information content (AvgIpc) is 3.35. The fourth-order valence-corrected chi connectivity index (χ4v) is 9.10. The highest BCUT2D eigenvalue weighted by atomic mass is 31.2. The van der Waals surface area contributed by atoms with Crippen LogP contribution >= 0.6 is 7.82 Å². The highest BCUT2D eigenvalue weighted by Crippen LogP contribution is 2.38. The summed E-state index contributed by atoms with van der Waals surface area (Å²) in [4.78, 5) is 37.9. The Morgan fingerprint density at radius 1 is 0.438 bits per heavy atom. The van der Waals surface area contributed by atoms with Gasteiger partial charge in [0.2, 0.25) is 0 Å². The van der Waals surface area contributed by atoms with Gasteiger partial charge >= 0.3 is 11.9 Å². The number of carbonyl (C=O) groups excluding carboxylic acids is 2. The van der Waals surface area contributed by atoms with Gasteiger partial charge in [-0.15, -0.1) is 0 Å². The second-order valence-corrected chi connectivity index (χ2v) is 22.8. The van der Waals surface area contributed by atoms with Crippen molar-refractivity contribution >= 4 is 19.8 Å². The number of phosphoric acid groups is 1. The lowest BCUT2D eigenvalue weighted by Crippen LogP contribution is -2.37. The van der Waals surface area contributed by atoms with Gasteiger partial charge in [0, 0.05) is 12.8 Å². The molecule has 10 heteroatoms. The van der Waals surface area contributed by atoms with Crippen molar-refractivity contribution in [3.63, 3.8) is 0 Å². The number of likely N-dealkylation sites (N-methyl/N-ethyl adjacent to an activating group) is 1. The first-order valence-corrected chi connectivity index (χ1v) is 31.6. The van der Waals surface area contributed by atoms with Gasteiger partial charge in [0.1, 0.15) is 19.8 Å². The minimum absolute atomic E-state index is 0.0415. The van der Waals surface area contributed by atoms with Crippen molar-refractivity contribution in [3.05, 3.63) is 72.9 Å². The summed E-state index contributed by atoms with van der Waals surface area (Å²) >= 11 is 0. The summed E-state index contributed by atoms with van der Waals surface area (Å²) in [7, 11) is 1.14. The molecule has 0 saturated heterocycles. The number of nitrogens with zero attached hydrogens (tertiary/aromatic N) is 1. The van der Waals surface area contributed by atoms with Crippen molar-refractivity contribution in [1.82, 2.24) is 0 Å². The van der Waals surface area contributed by atoms with E-state index in [1.54, 1.807) is 0 Å². The lowest BCUT2D eigenvalue weighted by atomic mass is 10.0. The van der Waals surface area contributed by atoms with Crippen LogP contribution in [-0.2, 0) is 32.7 Å². The first-order valence-electron chi connectivity index (χ1n) is 30.1. The van der Waals surface area contributed by atoms with Crippen molar-refractivity contribution in [2.75, 3.05) is 47.5 Å². The second-order valence-electron chi connectivity index (χ2n) is 21.3. The Morgan fingerprint density at radius 2 is 0.781 bits per heavy atom. The van der Waals surface area contributed by atoms with E-state index in [2.05, 4.69) is 86.8 Å². The molecule has 0 aromatic heterocycles. The van der Waals surface area contributed by atoms with E-state index in [-0.39, 0.29) is 26.1 Å². The Balaban J connectivity index is 4.16. The van der Waals surface area contributed by atoms with Crippen LogP contribution in [0.25, 0.3) is 0 Å². The lowest BCUT2D eigenvalue weighted by Gasteiger charge is -2.28. The first kappa shape index (κ1) is 70.5. The number of hydrogen-bond acceptors (Lipinski definition) is 8. The van der Waals surface area contributed by atoms with Crippen molar-refractivity contribution in [2.45, 2.75) is 270 Å². The molecule has 0 aromatic rings. The van der Waals surface area contributed by atoms with Crippen LogP contribution < -0.4 is 4.89 Å². The van der Waals surface area contributed by atoms with Gasteiger partial charge in [-0.1, -0.05) is 260 Å². The second kappa shape index (κ2) is 54.2. The molecule has 0 aliphatic carbocycles. The van der Waals surface area contributed by atoms with E-state index in [4.69, 9.17) is 18.5 Å². The number of ether oxygens (including phenoxy) is 2. The zero-order chi connectivity index (χ0) is 53.5. The van der Waals surface area contributed by atoms with Gasteiger partial charge in [-0.05, 0) is 64.2 Å². The molecule has 0 heterocycles. The number of esters is 2. The number of hydrogen-bond donors (Lipinski definition) is 0. The van der Waals surface area contributed by atoms with Crippen LogP contribution in [0, 0.1) is 0 Å². The van der Waals surface area contributed by atoms with Crippen LogP contribution in [0.2, 0.25) is 0 Å². The molecular formula is C63H114NO8P. The fraction of sp³-hybridized carbons (Fsp3) is 0.778. The summed E-state index contributed by atoms with van der Waals surface area (Å²) in [5.41, 5.74) is 0. The van der Waals surface area contributed by atoms with Crippen LogP contribution in [0.4, 0.5) is 0 Å². The van der Waals surface area contributed by atoms with E-state index < -0.39 is 32.5 Å². The van der Waals surface area contributed by atoms with Gasteiger partial charge in [-0.2, -0.15) is 0 Å². The number of quaternary nitrogens is 1. The minimum Gasteiger partial charge on any atom is -0.756 e. The molecule has 0 aliphatic rings. The molecule has 0 spiro atoms. The molecule has 9 nitrogen and oxygen atoms in total. The number of carbonyl (C=O) groups is 2. The van der Waals surface area contributed by atoms with Crippen LogP contribution in [0.1, 0.15) is 264 Å². The van der Waals surface area contributed by atoms with Gasteiger partial charge in [-0.25, -0.2) is 0 Å². The van der Waals surface area contributed by atoms with Crippen LogP contribution in [0.15, 0.2) is 72.9 Å². The maximum absolute atomic E-state index is 12.8. The van der Waals surface area contributed by atoms with E-state index in [1.165, 1.54) is 161 Å². The summed E-state index contributed by atoms with van der Waals surface area (Å²) < 4.78 is 34.1. The summed E-state index contributed by atoms with van der Waals surface area (Å²) in [5.74, 6) is -0.878. The number of rotatable bonds is 55. The van der Waals surface area contributed by atoms with Crippen molar-refractivity contribution in [2.24, 2.45) is 0 Å². The fourth-order valence-electron chi connectivity index (χ4n) is 8.37. The standard InChI is InChI=1S/C63H114NO8P/c1-6-8-10-12-14-16-18-20-22-24-26-28-29-30-31-32-33-34-36-37-39-41-43-45-47-49-51-53-55-62(65)69-59-61(60-71-73(67,68)70-58-57-64(3,4)5)72-63(66)56-54-52-50-48-46-44-42-40-38-35-27-25-23-21-19-17-15-13-11-9-7-2/h9,11,15,17,21,23,27,35,40,42,46,48,61H,6-8,10,12-14,16,18-20,22,24-26,28-34,36-39,41,43-45,47,49-60H2,1-5H3/b11-9-,17-15-,23-21-,35-27-,42-40-,48-46-. The Morgan fingerprint density at radius 3 is 1.16 bits per heavy atom. The smallest absolute Gasteiger partial charge is 0.306 e. The summed E-state index contributed by atoms with van der Waals surface area (Å²) in [6.07, 6.45) is 71.1. The molecule has 0 N–H and O–H groups in total. The van der Waals surface area contributed by atoms with E-state index >= 15 is 0 Å². The highest BCUT2D eigenvalue weighted by molar-refractivity contribution is 7.45. The van der Waals surface area contributed by atoms with Gasteiger partial charge in [0.25, 0.3) is 7.82 Å². The monoisotopic (exact) mass is 1040 g/mol. The van der Waals surface area contributed by atoms with Crippen molar-refractivity contribution < 1.29 is 42.1 Å². The number of phosphoric ester groups is 1. The molecular weight excluding hydrogens is 930 g/mol. The zero-order valence-corrected chi connectivity index (χ0v) is 49.0. The molecule has 0 aromatic carbocycles. The maximum Gasteiger partial charge on any atom is 0.306 e. The first-order chi connectivity index (χ1) is 35.5. The maximum atomic E-state index is 12.8. The number of allylic oxidation sites excluding steroid dienone is 12. The third kappa shape index (κ3) is 58.6. The third-order valence-corrected chi connectivity index (χ3v) is 14.0. The summed E-state index contributed by atoms with van der Waals surface area (Å²) in [6, 6.07) is 0. The Labute approximate surface area is 450 Å². The normalized spacial score (nSPS) is 13.8. The van der Waals surface area contributed by atoms with E-state index in [0.29, 0.717) is 17.4 Å². The van der Waals surface area contributed by atoms with Gasteiger partial charge in [0.15, 0.2) is 6.10 Å².